The van der Waals surface area contributed by atoms with Crippen LogP contribution in [0.5, 0.6) is 0 Å². The van der Waals surface area contributed by atoms with Crippen LogP contribution in [-0.2, 0) is 0 Å². The SMILES string of the molecule is OC1CC2CCCN(C1)C2. The fourth-order valence-electron chi connectivity index (χ4n) is 2.27. The van der Waals surface area contributed by atoms with Crippen molar-refractivity contribution in [3.63, 3.8) is 0 Å². The van der Waals surface area contributed by atoms with Gasteiger partial charge in [-0.2, -0.15) is 0 Å². The summed E-state index contributed by atoms with van der Waals surface area (Å²) in [6.07, 6.45) is 3.71. The van der Waals surface area contributed by atoms with Gasteiger partial charge in [0.05, 0.1) is 6.10 Å². The van der Waals surface area contributed by atoms with Gasteiger partial charge in [0.1, 0.15) is 0 Å². The molecule has 2 heterocycles. The monoisotopic (exact) mass is 141 g/mol. The summed E-state index contributed by atoms with van der Waals surface area (Å²) in [4.78, 5) is 2.39. The number of aliphatic hydroxyl groups is 1. The highest BCUT2D eigenvalue weighted by atomic mass is 16.3. The molecule has 2 nitrogen and oxygen atoms in total. The summed E-state index contributed by atoms with van der Waals surface area (Å²) in [6.45, 7) is 3.39. The molecular weight excluding hydrogens is 126 g/mol. The van der Waals surface area contributed by atoms with Crippen LogP contribution in [0.2, 0.25) is 0 Å². The van der Waals surface area contributed by atoms with Crippen molar-refractivity contribution in [3.05, 3.63) is 0 Å². The van der Waals surface area contributed by atoms with E-state index in [4.69, 9.17) is 0 Å². The zero-order valence-corrected chi connectivity index (χ0v) is 6.29. The zero-order valence-electron chi connectivity index (χ0n) is 6.29. The first-order valence-corrected chi connectivity index (χ1v) is 4.25. The van der Waals surface area contributed by atoms with Gasteiger partial charge in [0, 0.05) is 13.1 Å². The van der Waals surface area contributed by atoms with E-state index in [1.807, 2.05) is 0 Å². The minimum atomic E-state index is -0.0287. The Balaban J connectivity index is 1.98. The molecule has 0 saturated carbocycles. The van der Waals surface area contributed by atoms with Gasteiger partial charge in [0.15, 0.2) is 0 Å². The van der Waals surface area contributed by atoms with Crippen molar-refractivity contribution in [2.45, 2.75) is 25.4 Å². The largest absolute Gasteiger partial charge is 0.392 e. The first-order chi connectivity index (χ1) is 4.84. The normalized spacial score (nSPS) is 47.1. The van der Waals surface area contributed by atoms with Crippen LogP contribution in [0.15, 0.2) is 0 Å². The van der Waals surface area contributed by atoms with Gasteiger partial charge < -0.3 is 10.0 Å². The summed E-state index contributed by atoms with van der Waals surface area (Å²) in [7, 11) is 0. The minimum absolute atomic E-state index is 0.0287. The van der Waals surface area contributed by atoms with Crippen molar-refractivity contribution in [2.24, 2.45) is 5.92 Å². The van der Waals surface area contributed by atoms with Gasteiger partial charge in [0.2, 0.25) is 0 Å². The van der Waals surface area contributed by atoms with E-state index < -0.39 is 0 Å². The highest BCUT2D eigenvalue weighted by Gasteiger charge is 2.28. The topological polar surface area (TPSA) is 23.5 Å². The highest BCUT2D eigenvalue weighted by Crippen LogP contribution is 2.25. The van der Waals surface area contributed by atoms with Gasteiger partial charge in [-0.1, -0.05) is 0 Å². The molecule has 10 heavy (non-hydrogen) atoms. The number of hydrogen-bond acceptors (Lipinski definition) is 2. The third-order valence-corrected chi connectivity index (χ3v) is 2.68. The van der Waals surface area contributed by atoms with Crippen LogP contribution in [-0.4, -0.2) is 35.7 Å². The van der Waals surface area contributed by atoms with E-state index in [0.29, 0.717) is 0 Å². The van der Waals surface area contributed by atoms with Crippen molar-refractivity contribution in [3.8, 4) is 0 Å². The van der Waals surface area contributed by atoms with Crippen LogP contribution in [0.1, 0.15) is 19.3 Å². The molecule has 2 bridgehead atoms. The first-order valence-electron chi connectivity index (χ1n) is 4.25. The Kier molecular flexibility index (Phi) is 1.66. The molecule has 2 heteroatoms. The Bertz CT molecular complexity index is 110. The fraction of sp³-hybridized carbons (Fsp3) is 1.00. The average molecular weight is 141 g/mol. The maximum absolute atomic E-state index is 9.37. The average Bonchev–Trinajstić information content (AvgIpc) is 1.85. The van der Waals surface area contributed by atoms with Gasteiger partial charge in [-0.3, -0.25) is 0 Å². The number of nitrogens with zero attached hydrogens (tertiary/aromatic N) is 1. The number of hydrogen-bond donors (Lipinski definition) is 1. The molecule has 2 saturated heterocycles. The second-order valence-electron chi connectivity index (χ2n) is 3.66. The second kappa shape index (κ2) is 2.51. The van der Waals surface area contributed by atoms with Crippen molar-refractivity contribution in [1.82, 2.24) is 4.90 Å². The Morgan fingerprint density at radius 3 is 3.00 bits per heavy atom. The smallest absolute Gasteiger partial charge is 0.0670 e. The maximum Gasteiger partial charge on any atom is 0.0670 e. The molecule has 1 N–H and O–H groups in total. The summed E-state index contributed by atoms with van der Waals surface area (Å²) >= 11 is 0. The molecule has 0 aromatic carbocycles. The Labute approximate surface area is 61.8 Å². The summed E-state index contributed by atoms with van der Waals surface area (Å²) in [5.41, 5.74) is 0. The van der Waals surface area contributed by atoms with E-state index in [2.05, 4.69) is 4.90 Å². The summed E-state index contributed by atoms with van der Waals surface area (Å²) < 4.78 is 0. The number of fused-ring (bicyclic) bond motifs is 2. The van der Waals surface area contributed by atoms with E-state index >= 15 is 0 Å². The van der Waals surface area contributed by atoms with Crippen LogP contribution >= 0.6 is 0 Å². The summed E-state index contributed by atoms with van der Waals surface area (Å²) in [5.74, 6) is 0.803. The van der Waals surface area contributed by atoms with Crippen LogP contribution in [0.4, 0.5) is 0 Å². The predicted octanol–water partition coefficient (Wildman–Crippen LogP) is 0.463. The molecule has 2 aliphatic heterocycles. The van der Waals surface area contributed by atoms with Crippen LogP contribution in [0, 0.1) is 5.92 Å². The molecule has 2 rings (SSSR count). The van der Waals surface area contributed by atoms with Crippen molar-refractivity contribution < 1.29 is 5.11 Å². The molecule has 0 aliphatic carbocycles. The Morgan fingerprint density at radius 1 is 1.30 bits per heavy atom. The van der Waals surface area contributed by atoms with E-state index in [-0.39, 0.29) is 6.10 Å². The summed E-state index contributed by atoms with van der Waals surface area (Å²) in [6, 6.07) is 0. The Hall–Kier alpha value is -0.0800. The number of aliphatic hydroxyl groups excluding tert-OH is 1. The molecule has 2 aliphatic rings. The molecule has 58 valence electrons. The first kappa shape index (κ1) is 6.62. The molecule has 0 radical (unpaired) electrons. The quantitative estimate of drug-likeness (QED) is 0.530. The third kappa shape index (κ3) is 1.18. The van der Waals surface area contributed by atoms with Crippen LogP contribution in [0.25, 0.3) is 0 Å². The molecule has 3 atom stereocenters. The van der Waals surface area contributed by atoms with E-state index in [1.54, 1.807) is 0 Å². The van der Waals surface area contributed by atoms with Crippen LogP contribution < -0.4 is 0 Å². The van der Waals surface area contributed by atoms with Crippen LogP contribution in [0.3, 0.4) is 0 Å². The van der Waals surface area contributed by atoms with Gasteiger partial charge in [-0.25, -0.2) is 0 Å². The predicted molar refractivity (Wildman–Crippen MR) is 39.8 cm³/mol. The molecule has 0 aromatic heterocycles. The van der Waals surface area contributed by atoms with Crippen molar-refractivity contribution in [1.29, 1.82) is 0 Å². The lowest BCUT2D eigenvalue weighted by molar-refractivity contribution is 0.0161. The van der Waals surface area contributed by atoms with Gasteiger partial charge in [0.25, 0.3) is 0 Å². The van der Waals surface area contributed by atoms with Gasteiger partial charge in [-0.05, 0) is 31.7 Å². The minimum Gasteiger partial charge on any atom is -0.392 e. The summed E-state index contributed by atoms with van der Waals surface area (Å²) in [5, 5.41) is 9.37. The maximum atomic E-state index is 9.37. The molecule has 0 aromatic rings. The number of rotatable bonds is 0. The van der Waals surface area contributed by atoms with Gasteiger partial charge >= 0.3 is 0 Å². The number of piperidine rings is 2. The lowest BCUT2D eigenvalue weighted by atomic mass is 9.88. The van der Waals surface area contributed by atoms with Crippen molar-refractivity contribution in [2.75, 3.05) is 19.6 Å². The lowest BCUT2D eigenvalue weighted by Crippen LogP contribution is -2.46. The zero-order chi connectivity index (χ0) is 6.97. The highest BCUT2D eigenvalue weighted by molar-refractivity contribution is 4.82. The third-order valence-electron chi connectivity index (χ3n) is 2.68. The van der Waals surface area contributed by atoms with Gasteiger partial charge in [-0.15, -0.1) is 0 Å². The molecule has 0 amide bonds. The van der Waals surface area contributed by atoms with E-state index in [9.17, 15) is 5.11 Å². The molecule has 0 spiro atoms. The molecular formula is C8H15NO. The lowest BCUT2D eigenvalue weighted by Gasteiger charge is -2.39. The molecule has 3 unspecified atom stereocenters. The fourth-order valence-corrected chi connectivity index (χ4v) is 2.27. The Morgan fingerprint density at radius 2 is 2.20 bits per heavy atom. The molecule has 2 fully saturated rings. The standard InChI is InChI=1S/C8H15NO/c10-8-4-7-2-1-3-9(5-7)6-8/h7-8,10H,1-6H2. The second-order valence-corrected chi connectivity index (χ2v) is 3.66. The van der Waals surface area contributed by atoms with E-state index in [0.717, 1.165) is 18.9 Å². The van der Waals surface area contributed by atoms with Crippen molar-refractivity contribution >= 4 is 0 Å². The van der Waals surface area contributed by atoms with E-state index in [1.165, 1.54) is 25.9 Å².